The lowest BCUT2D eigenvalue weighted by Crippen LogP contribution is -2.40. The molecule has 2 amide bonds. The fourth-order valence-electron chi connectivity index (χ4n) is 4.66. The largest absolute Gasteiger partial charge is 0.481 e. The minimum absolute atomic E-state index is 0.0620. The Bertz CT molecular complexity index is 1220. The van der Waals surface area contributed by atoms with Crippen LogP contribution in [-0.2, 0) is 6.18 Å². The van der Waals surface area contributed by atoms with Crippen LogP contribution in [0, 0.1) is 0 Å². The summed E-state index contributed by atoms with van der Waals surface area (Å²) in [6, 6.07) is 9.68. The topological polar surface area (TPSA) is 80.2 Å². The molecule has 7 nitrogen and oxygen atoms in total. The van der Waals surface area contributed by atoms with Crippen molar-refractivity contribution in [2.75, 3.05) is 17.3 Å². The molecule has 33 heavy (non-hydrogen) atoms. The van der Waals surface area contributed by atoms with Crippen molar-refractivity contribution in [2.45, 2.75) is 37.4 Å². The number of methoxy groups -OCH3 is 1. The van der Waals surface area contributed by atoms with Gasteiger partial charge in [0.05, 0.1) is 18.4 Å². The Morgan fingerprint density at radius 1 is 1.15 bits per heavy atom. The van der Waals surface area contributed by atoms with E-state index in [9.17, 15) is 18.0 Å². The summed E-state index contributed by atoms with van der Waals surface area (Å²) in [4.78, 5) is 27.5. The maximum atomic E-state index is 13.3. The smallest absolute Gasteiger partial charge is 0.416 e. The van der Waals surface area contributed by atoms with Gasteiger partial charge < -0.3 is 4.74 Å². The summed E-state index contributed by atoms with van der Waals surface area (Å²) in [6.45, 7) is 0. The van der Waals surface area contributed by atoms with E-state index in [1.54, 1.807) is 17.0 Å². The van der Waals surface area contributed by atoms with Gasteiger partial charge in [0, 0.05) is 29.2 Å². The second-order valence-corrected chi connectivity index (χ2v) is 8.04. The van der Waals surface area contributed by atoms with E-state index in [-0.39, 0.29) is 17.8 Å². The van der Waals surface area contributed by atoms with Gasteiger partial charge in [-0.2, -0.15) is 13.2 Å². The fourth-order valence-corrected chi connectivity index (χ4v) is 4.66. The van der Waals surface area contributed by atoms with Gasteiger partial charge in [0.15, 0.2) is 0 Å². The minimum atomic E-state index is -4.45. The second-order valence-electron chi connectivity index (χ2n) is 8.04. The summed E-state index contributed by atoms with van der Waals surface area (Å²) in [6.07, 6.45) is -0.438. The fraction of sp³-hybridized carbons (Fsp3) is 0.304. The first-order valence-electron chi connectivity index (χ1n) is 10.5. The maximum Gasteiger partial charge on any atom is 0.416 e. The number of hydrogen-bond acceptors (Lipinski definition) is 5. The molecular weight excluding hydrogens is 435 g/mol. The van der Waals surface area contributed by atoms with Crippen LogP contribution in [0.2, 0.25) is 0 Å². The summed E-state index contributed by atoms with van der Waals surface area (Å²) < 4.78 is 44.6. The zero-order chi connectivity index (χ0) is 23.2. The summed E-state index contributed by atoms with van der Waals surface area (Å²) in [5.41, 5.74) is 0.905. The lowest BCUT2D eigenvalue weighted by atomic mass is 9.98. The molecule has 2 unspecified atom stereocenters. The van der Waals surface area contributed by atoms with E-state index in [0.717, 1.165) is 37.0 Å². The van der Waals surface area contributed by atoms with Crippen molar-refractivity contribution in [1.82, 2.24) is 15.0 Å². The SMILES string of the molecule is COc1cc(NC(=O)N2c3nc(-c4cccc(C(F)(F)F)c4)ccc3C3CCCC32)ncn1. The lowest BCUT2D eigenvalue weighted by Gasteiger charge is -2.24. The highest BCUT2D eigenvalue weighted by Gasteiger charge is 2.45. The molecule has 10 heteroatoms. The number of alkyl halides is 3. The molecular formula is C23H20F3N5O2. The molecule has 5 rings (SSSR count). The van der Waals surface area contributed by atoms with Crippen LogP contribution in [0.15, 0.2) is 48.8 Å². The molecule has 2 aromatic heterocycles. The highest BCUT2D eigenvalue weighted by molar-refractivity contribution is 6.03. The second kappa shape index (κ2) is 8.02. The number of rotatable bonds is 3. The molecule has 1 N–H and O–H groups in total. The predicted molar refractivity (Wildman–Crippen MR) is 115 cm³/mol. The Morgan fingerprint density at radius 2 is 2.00 bits per heavy atom. The number of urea groups is 1. The van der Waals surface area contributed by atoms with Crippen molar-refractivity contribution in [1.29, 1.82) is 0 Å². The third-order valence-electron chi connectivity index (χ3n) is 6.13. The van der Waals surface area contributed by atoms with Gasteiger partial charge in [-0.15, -0.1) is 0 Å². The Balaban J connectivity index is 1.51. The Hall–Kier alpha value is -3.69. The van der Waals surface area contributed by atoms with Gasteiger partial charge in [0.2, 0.25) is 5.88 Å². The Morgan fingerprint density at radius 3 is 2.79 bits per heavy atom. The number of carbonyl (C=O) groups is 1. The normalized spacial score (nSPS) is 19.2. The number of carbonyl (C=O) groups excluding carboxylic acids is 1. The molecule has 1 aliphatic carbocycles. The van der Waals surface area contributed by atoms with Crippen molar-refractivity contribution < 1.29 is 22.7 Å². The van der Waals surface area contributed by atoms with Crippen LogP contribution < -0.4 is 15.0 Å². The van der Waals surface area contributed by atoms with Crippen LogP contribution in [0.4, 0.5) is 29.6 Å². The summed E-state index contributed by atoms with van der Waals surface area (Å²) in [5, 5.41) is 2.77. The molecule has 3 aromatic rings. The number of amides is 2. The van der Waals surface area contributed by atoms with Crippen LogP contribution >= 0.6 is 0 Å². The van der Waals surface area contributed by atoms with Crippen LogP contribution in [0.25, 0.3) is 11.3 Å². The first-order chi connectivity index (χ1) is 15.8. The molecule has 1 aromatic carbocycles. The van der Waals surface area contributed by atoms with Gasteiger partial charge in [-0.05, 0) is 31.0 Å². The number of aromatic nitrogens is 3. The van der Waals surface area contributed by atoms with Crippen molar-refractivity contribution in [2.24, 2.45) is 0 Å². The lowest BCUT2D eigenvalue weighted by molar-refractivity contribution is -0.137. The molecule has 0 radical (unpaired) electrons. The number of halogens is 3. The Labute approximate surface area is 187 Å². The monoisotopic (exact) mass is 455 g/mol. The van der Waals surface area contributed by atoms with Gasteiger partial charge >= 0.3 is 12.2 Å². The number of hydrogen-bond donors (Lipinski definition) is 1. The average Bonchev–Trinajstić information content (AvgIpc) is 3.39. The van der Waals surface area contributed by atoms with E-state index < -0.39 is 17.8 Å². The van der Waals surface area contributed by atoms with Crippen molar-refractivity contribution in [3.63, 3.8) is 0 Å². The standard InChI is InChI=1S/C23H20F3N5O2/c1-33-20-11-19(27-12-28-20)30-22(32)31-18-7-3-6-15(18)16-8-9-17(29-21(16)31)13-4-2-5-14(10-13)23(24,25)26/h2,4-5,8-12,15,18H,3,6-7H2,1H3,(H,27,28,30,32). The van der Waals surface area contributed by atoms with Gasteiger partial charge in [0.25, 0.3) is 0 Å². The number of ether oxygens (including phenoxy) is 1. The van der Waals surface area contributed by atoms with E-state index in [4.69, 9.17) is 4.74 Å². The highest BCUT2D eigenvalue weighted by atomic mass is 19.4. The van der Waals surface area contributed by atoms with Crippen LogP contribution in [0.5, 0.6) is 5.88 Å². The summed E-state index contributed by atoms with van der Waals surface area (Å²) in [5.74, 6) is 1.21. The predicted octanol–water partition coefficient (Wildman–Crippen LogP) is 5.25. The molecule has 1 saturated carbocycles. The van der Waals surface area contributed by atoms with Crippen molar-refractivity contribution in [3.8, 4) is 17.1 Å². The van der Waals surface area contributed by atoms with E-state index >= 15 is 0 Å². The zero-order valence-corrected chi connectivity index (χ0v) is 17.6. The van der Waals surface area contributed by atoms with Gasteiger partial charge in [0.1, 0.15) is 18.0 Å². The summed E-state index contributed by atoms with van der Waals surface area (Å²) >= 11 is 0. The van der Waals surface area contributed by atoms with E-state index in [1.165, 1.54) is 25.6 Å². The van der Waals surface area contributed by atoms with Crippen LogP contribution in [0.1, 0.15) is 36.3 Å². The van der Waals surface area contributed by atoms with Crippen LogP contribution in [0.3, 0.4) is 0 Å². The third kappa shape index (κ3) is 3.85. The molecule has 3 heterocycles. The molecule has 170 valence electrons. The number of nitrogens with zero attached hydrogens (tertiary/aromatic N) is 4. The molecule has 1 fully saturated rings. The maximum absolute atomic E-state index is 13.3. The molecule has 2 atom stereocenters. The van der Waals surface area contributed by atoms with E-state index in [2.05, 4.69) is 20.3 Å². The zero-order valence-electron chi connectivity index (χ0n) is 17.6. The van der Waals surface area contributed by atoms with Gasteiger partial charge in [-0.25, -0.2) is 19.7 Å². The van der Waals surface area contributed by atoms with Crippen molar-refractivity contribution >= 4 is 17.7 Å². The molecule has 0 bridgehead atoms. The van der Waals surface area contributed by atoms with Crippen LogP contribution in [-0.4, -0.2) is 34.1 Å². The number of nitrogens with one attached hydrogen (secondary N) is 1. The quantitative estimate of drug-likeness (QED) is 0.583. The summed E-state index contributed by atoms with van der Waals surface area (Å²) in [7, 11) is 1.47. The highest BCUT2D eigenvalue weighted by Crippen LogP contribution is 2.49. The van der Waals surface area contributed by atoms with E-state index in [1.807, 2.05) is 6.07 Å². The number of fused-ring (bicyclic) bond motifs is 3. The first-order valence-corrected chi connectivity index (χ1v) is 10.5. The number of anilines is 2. The molecule has 1 aliphatic heterocycles. The average molecular weight is 455 g/mol. The van der Waals surface area contributed by atoms with E-state index in [0.29, 0.717) is 23.0 Å². The van der Waals surface area contributed by atoms with Gasteiger partial charge in [-0.1, -0.05) is 24.6 Å². The molecule has 2 aliphatic rings. The third-order valence-corrected chi connectivity index (χ3v) is 6.13. The Kier molecular flexibility index (Phi) is 5.15. The number of benzene rings is 1. The number of pyridine rings is 1. The van der Waals surface area contributed by atoms with Gasteiger partial charge in [-0.3, -0.25) is 10.2 Å². The van der Waals surface area contributed by atoms with Crippen molar-refractivity contribution in [3.05, 3.63) is 59.9 Å². The first kappa shape index (κ1) is 21.2. The molecule has 0 saturated heterocycles. The minimum Gasteiger partial charge on any atom is -0.481 e. The molecule has 0 spiro atoms.